The molecule has 1 aliphatic rings. The van der Waals surface area contributed by atoms with Gasteiger partial charge in [0, 0.05) is 29.8 Å². The van der Waals surface area contributed by atoms with E-state index in [1.165, 1.54) is 0 Å². The van der Waals surface area contributed by atoms with Gasteiger partial charge < -0.3 is 15.2 Å². The lowest BCUT2D eigenvalue weighted by Crippen LogP contribution is -2.33. The van der Waals surface area contributed by atoms with Crippen molar-refractivity contribution in [1.29, 1.82) is 0 Å². The van der Waals surface area contributed by atoms with E-state index >= 15 is 0 Å². The Labute approximate surface area is 107 Å². The Morgan fingerprint density at radius 1 is 1.59 bits per heavy atom. The van der Waals surface area contributed by atoms with Crippen molar-refractivity contribution in [3.63, 3.8) is 0 Å². The van der Waals surface area contributed by atoms with Crippen LogP contribution >= 0.6 is 11.6 Å². The molecule has 0 aliphatic carbocycles. The fraction of sp³-hybridized carbons (Fsp3) is 0.538. The summed E-state index contributed by atoms with van der Waals surface area (Å²) in [5.74, 6) is 0.805. The van der Waals surface area contributed by atoms with Gasteiger partial charge in [-0.05, 0) is 31.4 Å². The van der Waals surface area contributed by atoms with Gasteiger partial charge in [0.05, 0.1) is 6.61 Å². The summed E-state index contributed by atoms with van der Waals surface area (Å²) in [7, 11) is 0. The fourth-order valence-corrected chi connectivity index (χ4v) is 2.34. The zero-order valence-electron chi connectivity index (χ0n) is 9.95. The van der Waals surface area contributed by atoms with E-state index in [2.05, 4.69) is 12.2 Å². The van der Waals surface area contributed by atoms with Crippen molar-refractivity contribution in [2.24, 2.45) is 5.92 Å². The molecule has 0 spiro atoms. The number of aromatic hydroxyl groups is 1. The maximum Gasteiger partial charge on any atom is 0.121 e. The number of nitrogens with one attached hydrogen (secondary N) is 1. The highest BCUT2D eigenvalue weighted by Crippen LogP contribution is 2.25. The number of rotatable bonds is 4. The van der Waals surface area contributed by atoms with Crippen molar-refractivity contribution in [3.8, 4) is 5.75 Å². The number of hydrogen-bond donors (Lipinski definition) is 2. The molecule has 0 aromatic heterocycles. The van der Waals surface area contributed by atoms with E-state index in [0.29, 0.717) is 23.5 Å². The van der Waals surface area contributed by atoms with Gasteiger partial charge in [0.2, 0.25) is 0 Å². The average molecular weight is 256 g/mol. The molecule has 3 nitrogen and oxygen atoms in total. The Kier molecular flexibility index (Phi) is 4.26. The molecule has 4 heteroatoms. The summed E-state index contributed by atoms with van der Waals surface area (Å²) in [6.45, 7) is 4.41. The highest BCUT2D eigenvalue weighted by atomic mass is 35.5. The second-order valence-electron chi connectivity index (χ2n) is 4.53. The average Bonchev–Trinajstić information content (AvgIpc) is 2.81. The monoisotopic (exact) mass is 255 g/mol. The van der Waals surface area contributed by atoms with Crippen molar-refractivity contribution in [1.82, 2.24) is 5.32 Å². The van der Waals surface area contributed by atoms with E-state index in [0.717, 1.165) is 25.2 Å². The van der Waals surface area contributed by atoms with Gasteiger partial charge >= 0.3 is 0 Å². The second kappa shape index (κ2) is 5.71. The second-order valence-corrected chi connectivity index (χ2v) is 4.94. The molecule has 1 aliphatic heterocycles. The van der Waals surface area contributed by atoms with Crippen LogP contribution in [0.5, 0.6) is 5.75 Å². The Bertz CT molecular complexity index is 357. The summed E-state index contributed by atoms with van der Waals surface area (Å²) in [5, 5.41) is 13.7. The molecule has 17 heavy (non-hydrogen) atoms. The van der Waals surface area contributed by atoms with E-state index in [-0.39, 0.29) is 5.75 Å². The van der Waals surface area contributed by atoms with Crippen LogP contribution in [0.3, 0.4) is 0 Å². The predicted molar refractivity (Wildman–Crippen MR) is 68.3 cm³/mol. The Balaban J connectivity index is 1.92. The first kappa shape index (κ1) is 12.7. The first-order chi connectivity index (χ1) is 8.18. The molecule has 0 saturated carbocycles. The van der Waals surface area contributed by atoms with E-state index < -0.39 is 0 Å². The molecule has 2 rings (SSSR count). The largest absolute Gasteiger partial charge is 0.508 e. The first-order valence-electron chi connectivity index (χ1n) is 5.96. The van der Waals surface area contributed by atoms with Gasteiger partial charge in [0.1, 0.15) is 5.75 Å². The van der Waals surface area contributed by atoms with Crippen molar-refractivity contribution in [2.45, 2.75) is 25.9 Å². The molecule has 1 saturated heterocycles. The molecule has 2 atom stereocenters. The zero-order chi connectivity index (χ0) is 12.3. The van der Waals surface area contributed by atoms with Crippen molar-refractivity contribution < 1.29 is 9.84 Å². The summed E-state index contributed by atoms with van der Waals surface area (Å²) in [5.41, 5.74) is 0.764. The van der Waals surface area contributed by atoms with Crippen LogP contribution in [0.2, 0.25) is 5.02 Å². The van der Waals surface area contributed by atoms with Gasteiger partial charge in [0.25, 0.3) is 0 Å². The van der Waals surface area contributed by atoms with Crippen LogP contribution in [0.15, 0.2) is 18.2 Å². The van der Waals surface area contributed by atoms with E-state index in [1.807, 2.05) is 0 Å². The standard InChI is InChI=1S/C13H18ClNO2/c1-9(10-5-6-17-8-10)15-7-11-12(14)3-2-4-13(11)16/h2-4,9-10,15-16H,5-8H2,1H3. The molecule has 2 N–H and O–H groups in total. The topological polar surface area (TPSA) is 41.5 Å². The molecular formula is C13H18ClNO2. The lowest BCUT2D eigenvalue weighted by molar-refractivity contribution is 0.178. The Morgan fingerprint density at radius 2 is 2.41 bits per heavy atom. The quantitative estimate of drug-likeness (QED) is 0.869. The molecule has 2 unspecified atom stereocenters. The summed E-state index contributed by atoms with van der Waals surface area (Å²) >= 11 is 6.05. The maximum atomic E-state index is 9.72. The van der Waals surface area contributed by atoms with Gasteiger partial charge in [0.15, 0.2) is 0 Å². The summed E-state index contributed by atoms with van der Waals surface area (Å²) in [4.78, 5) is 0. The molecule has 1 fully saturated rings. The molecule has 0 bridgehead atoms. The number of phenolic OH excluding ortho intramolecular Hbond substituents is 1. The summed E-state index contributed by atoms with van der Waals surface area (Å²) < 4.78 is 5.36. The minimum absolute atomic E-state index is 0.250. The van der Waals surface area contributed by atoms with Gasteiger partial charge in [-0.3, -0.25) is 0 Å². The van der Waals surface area contributed by atoms with Gasteiger partial charge in [-0.1, -0.05) is 17.7 Å². The summed E-state index contributed by atoms with van der Waals surface area (Å²) in [6, 6.07) is 5.57. The third-order valence-electron chi connectivity index (χ3n) is 3.37. The Hall–Kier alpha value is -0.770. The van der Waals surface area contributed by atoms with Gasteiger partial charge in [-0.2, -0.15) is 0 Å². The minimum Gasteiger partial charge on any atom is -0.508 e. The molecule has 0 radical (unpaired) electrons. The van der Waals surface area contributed by atoms with Crippen LogP contribution in [0.4, 0.5) is 0 Å². The SMILES string of the molecule is CC(NCc1c(O)cccc1Cl)C1CCOC1. The summed E-state index contributed by atoms with van der Waals surface area (Å²) in [6.07, 6.45) is 1.10. The van der Waals surface area contributed by atoms with Crippen molar-refractivity contribution in [3.05, 3.63) is 28.8 Å². The molecular weight excluding hydrogens is 238 g/mol. The van der Waals surface area contributed by atoms with E-state index in [4.69, 9.17) is 16.3 Å². The number of hydrogen-bond acceptors (Lipinski definition) is 3. The zero-order valence-corrected chi connectivity index (χ0v) is 10.7. The molecule has 0 amide bonds. The van der Waals surface area contributed by atoms with Crippen LogP contribution < -0.4 is 5.32 Å². The van der Waals surface area contributed by atoms with Crippen LogP contribution in [0.25, 0.3) is 0 Å². The van der Waals surface area contributed by atoms with Crippen LogP contribution in [0, 0.1) is 5.92 Å². The van der Waals surface area contributed by atoms with Gasteiger partial charge in [-0.25, -0.2) is 0 Å². The Morgan fingerprint density at radius 3 is 3.06 bits per heavy atom. The minimum atomic E-state index is 0.250. The number of phenols is 1. The fourth-order valence-electron chi connectivity index (χ4n) is 2.10. The lowest BCUT2D eigenvalue weighted by atomic mass is 10.0. The maximum absolute atomic E-state index is 9.72. The highest BCUT2D eigenvalue weighted by Gasteiger charge is 2.22. The molecule has 94 valence electrons. The highest BCUT2D eigenvalue weighted by molar-refractivity contribution is 6.31. The third-order valence-corrected chi connectivity index (χ3v) is 3.72. The number of halogens is 1. The lowest BCUT2D eigenvalue weighted by Gasteiger charge is -2.20. The predicted octanol–water partition coefficient (Wildman–Crippen LogP) is 2.56. The third kappa shape index (κ3) is 3.12. The van der Waals surface area contributed by atoms with Crippen LogP contribution in [-0.2, 0) is 11.3 Å². The van der Waals surface area contributed by atoms with Gasteiger partial charge in [-0.15, -0.1) is 0 Å². The van der Waals surface area contributed by atoms with Crippen LogP contribution in [0.1, 0.15) is 18.9 Å². The van der Waals surface area contributed by atoms with Crippen LogP contribution in [-0.4, -0.2) is 24.4 Å². The molecule has 1 aromatic carbocycles. The molecule has 1 heterocycles. The molecule has 1 aromatic rings. The first-order valence-corrected chi connectivity index (χ1v) is 6.33. The van der Waals surface area contributed by atoms with Crippen molar-refractivity contribution >= 4 is 11.6 Å². The van der Waals surface area contributed by atoms with Crippen molar-refractivity contribution in [2.75, 3.05) is 13.2 Å². The smallest absolute Gasteiger partial charge is 0.121 e. The van der Waals surface area contributed by atoms with E-state index in [1.54, 1.807) is 18.2 Å². The number of ether oxygens (including phenoxy) is 1. The normalized spacial score (nSPS) is 21.6. The van der Waals surface area contributed by atoms with E-state index in [9.17, 15) is 5.11 Å². The number of benzene rings is 1.